The predicted octanol–water partition coefficient (Wildman–Crippen LogP) is 6.50. The minimum absolute atomic E-state index is 0.153. The maximum Gasteiger partial charge on any atom is 0.191 e. The highest BCUT2D eigenvalue weighted by Gasteiger charge is 2.15. The van der Waals surface area contributed by atoms with Gasteiger partial charge in [0.25, 0.3) is 0 Å². The summed E-state index contributed by atoms with van der Waals surface area (Å²) < 4.78 is 5.42. The molecule has 0 atom stereocenters. The number of aromatic nitrogens is 2. The van der Waals surface area contributed by atoms with E-state index < -0.39 is 0 Å². The van der Waals surface area contributed by atoms with Gasteiger partial charge in [0.05, 0.1) is 18.8 Å². The molecule has 208 valence electrons. The Labute approximate surface area is 232 Å². The Hall–Kier alpha value is -3.14. The zero-order valence-electron chi connectivity index (χ0n) is 23.3. The van der Waals surface area contributed by atoms with Crippen molar-refractivity contribution in [3.8, 4) is 5.75 Å². The highest BCUT2D eigenvalue weighted by molar-refractivity contribution is 7.99. The minimum Gasteiger partial charge on any atom is -0.508 e. The van der Waals surface area contributed by atoms with E-state index in [2.05, 4.69) is 33.7 Å². The lowest BCUT2D eigenvalue weighted by molar-refractivity contribution is 0.0410. The summed E-state index contributed by atoms with van der Waals surface area (Å²) in [7, 11) is 0. The molecule has 3 rings (SSSR count). The van der Waals surface area contributed by atoms with Gasteiger partial charge in [-0.05, 0) is 24.1 Å². The van der Waals surface area contributed by atoms with Crippen LogP contribution in [-0.4, -0.2) is 71.3 Å². The molecule has 4 N–H and O–H groups in total. The van der Waals surface area contributed by atoms with Crippen molar-refractivity contribution in [3.05, 3.63) is 66.8 Å². The summed E-state index contributed by atoms with van der Waals surface area (Å²) in [5.41, 5.74) is 2.29. The van der Waals surface area contributed by atoms with E-state index in [-0.39, 0.29) is 5.75 Å². The summed E-state index contributed by atoms with van der Waals surface area (Å²) in [5, 5.41) is 25.0. The molecule has 0 spiro atoms. The van der Waals surface area contributed by atoms with E-state index in [9.17, 15) is 5.11 Å². The molecule has 0 unspecified atom stereocenters. The molecule has 1 aromatic carbocycles. The topological polar surface area (TPSA) is 106 Å². The van der Waals surface area contributed by atoms with Gasteiger partial charge in [-0.2, -0.15) is 0 Å². The van der Waals surface area contributed by atoms with Gasteiger partial charge in [-0.25, -0.2) is 9.97 Å². The van der Waals surface area contributed by atoms with Crippen LogP contribution in [0.5, 0.6) is 5.75 Å². The Morgan fingerprint density at radius 3 is 2.50 bits per heavy atom. The van der Waals surface area contributed by atoms with Gasteiger partial charge in [0.1, 0.15) is 17.4 Å². The van der Waals surface area contributed by atoms with E-state index in [1.165, 1.54) is 6.21 Å². The number of nitrogens with one attached hydrogen (secondary N) is 3. The molecule has 8 nitrogen and oxygen atoms in total. The third-order valence-electron chi connectivity index (χ3n) is 5.22. The SMILES string of the molecule is C=C/C=C(\C=C)CCNc1nc(SCCN2CCOCC2)nc(Nc2cccc(O)c2)c1C=N.CC.CC. The quantitative estimate of drug-likeness (QED) is 0.0987. The van der Waals surface area contributed by atoms with E-state index in [0.29, 0.717) is 34.6 Å². The van der Waals surface area contributed by atoms with E-state index in [1.807, 2.05) is 45.9 Å². The molecule has 1 aliphatic heterocycles. The monoisotopic (exact) mass is 540 g/mol. The van der Waals surface area contributed by atoms with E-state index >= 15 is 0 Å². The van der Waals surface area contributed by atoms with Crippen molar-refractivity contribution < 1.29 is 9.84 Å². The number of ether oxygens (including phenoxy) is 1. The standard InChI is InChI=1S/C25H32N6O2S.2C2H6/c1-3-6-19(4-2)9-10-27-23-22(18-26)24(28-20-7-5-8-21(32)17-20)30-25(29-23)34-16-13-31-11-14-33-15-12-31;2*1-2/h3-8,17-18,26,32H,1-2,9-16H2,(H2,27,28,29,30);2*1-2H3/b19-6+,26-18?;;. The van der Waals surface area contributed by atoms with Crippen molar-refractivity contribution in [3.63, 3.8) is 0 Å². The van der Waals surface area contributed by atoms with Crippen molar-refractivity contribution in [2.24, 2.45) is 0 Å². The number of morpholine rings is 1. The van der Waals surface area contributed by atoms with Crippen LogP contribution >= 0.6 is 11.8 Å². The van der Waals surface area contributed by atoms with Crippen molar-refractivity contribution in [2.45, 2.75) is 39.3 Å². The number of benzene rings is 1. The lowest BCUT2D eigenvalue weighted by atomic mass is 10.1. The number of allylic oxidation sites excluding steroid dienone is 3. The van der Waals surface area contributed by atoms with E-state index in [4.69, 9.17) is 15.1 Å². The number of hydrogen-bond acceptors (Lipinski definition) is 9. The Kier molecular flexibility index (Phi) is 17.2. The Bertz CT molecular complexity index is 1020. The smallest absolute Gasteiger partial charge is 0.191 e. The third-order valence-corrected chi connectivity index (χ3v) is 6.05. The summed E-state index contributed by atoms with van der Waals surface area (Å²) in [5.74, 6) is 2.10. The van der Waals surface area contributed by atoms with Gasteiger partial charge in [0.15, 0.2) is 5.16 Å². The molecule has 0 amide bonds. The molecular formula is C29H44N6O2S. The van der Waals surface area contributed by atoms with Gasteiger partial charge in [0, 0.05) is 49.9 Å². The van der Waals surface area contributed by atoms with Crippen LogP contribution in [0.25, 0.3) is 0 Å². The van der Waals surface area contributed by atoms with E-state index in [0.717, 1.165) is 50.6 Å². The first-order valence-corrected chi connectivity index (χ1v) is 14.2. The molecule has 1 saturated heterocycles. The molecule has 2 aromatic rings. The summed E-state index contributed by atoms with van der Waals surface area (Å²) in [6, 6.07) is 6.81. The van der Waals surface area contributed by atoms with Crippen LogP contribution < -0.4 is 10.6 Å². The molecule has 0 aliphatic carbocycles. The van der Waals surface area contributed by atoms with Crippen LogP contribution in [0, 0.1) is 5.41 Å². The highest BCUT2D eigenvalue weighted by Crippen LogP contribution is 2.28. The van der Waals surface area contributed by atoms with Crippen molar-refractivity contribution in [1.29, 1.82) is 5.41 Å². The minimum atomic E-state index is 0.153. The average molecular weight is 541 g/mol. The molecule has 0 saturated carbocycles. The third kappa shape index (κ3) is 11.5. The molecule has 38 heavy (non-hydrogen) atoms. The zero-order valence-corrected chi connectivity index (χ0v) is 24.1. The fourth-order valence-corrected chi connectivity index (χ4v) is 4.27. The second kappa shape index (κ2) is 19.9. The van der Waals surface area contributed by atoms with Crippen molar-refractivity contribution in [2.75, 3.05) is 55.8 Å². The Morgan fingerprint density at radius 2 is 1.87 bits per heavy atom. The van der Waals surface area contributed by atoms with Gasteiger partial charge >= 0.3 is 0 Å². The average Bonchev–Trinajstić information content (AvgIpc) is 2.95. The van der Waals surface area contributed by atoms with Gasteiger partial charge in [-0.1, -0.05) is 76.9 Å². The Morgan fingerprint density at radius 1 is 1.16 bits per heavy atom. The Balaban J connectivity index is 0.00000172. The number of phenolic OH excluding ortho intramolecular Hbond substituents is 1. The normalized spacial score (nSPS) is 13.2. The molecule has 0 bridgehead atoms. The number of rotatable bonds is 13. The maximum atomic E-state index is 9.83. The first-order valence-electron chi connectivity index (χ1n) is 13.2. The van der Waals surface area contributed by atoms with Gasteiger partial charge in [-0.3, -0.25) is 4.90 Å². The summed E-state index contributed by atoms with van der Waals surface area (Å²) in [6.07, 6.45) is 7.46. The zero-order chi connectivity index (χ0) is 28.2. The van der Waals surface area contributed by atoms with Crippen LogP contribution in [-0.2, 0) is 4.74 Å². The molecule has 1 aliphatic rings. The number of phenols is 1. The van der Waals surface area contributed by atoms with Crippen LogP contribution in [0.2, 0.25) is 0 Å². The van der Waals surface area contributed by atoms with Crippen molar-refractivity contribution >= 4 is 35.3 Å². The van der Waals surface area contributed by atoms with Gasteiger partial charge < -0.3 is 25.9 Å². The van der Waals surface area contributed by atoms with Gasteiger partial charge in [0.2, 0.25) is 0 Å². The van der Waals surface area contributed by atoms with Crippen molar-refractivity contribution in [1.82, 2.24) is 14.9 Å². The van der Waals surface area contributed by atoms with Crippen LogP contribution in [0.3, 0.4) is 0 Å². The molecule has 1 fully saturated rings. The first kappa shape index (κ1) is 32.9. The van der Waals surface area contributed by atoms with Gasteiger partial charge in [-0.15, -0.1) is 0 Å². The largest absolute Gasteiger partial charge is 0.508 e. The maximum absolute atomic E-state index is 9.83. The van der Waals surface area contributed by atoms with E-state index in [1.54, 1.807) is 36.0 Å². The number of thioether (sulfide) groups is 1. The van der Waals surface area contributed by atoms with Crippen LogP contribution in [0.1, 0.15) is 39.7 Å². The number of hydrogen-bond donors (Lipinski definition) is 4. The second-order valence-electron chi connectivity index (χ2n) is 7.60. The molecule has 9 heteroatoms. The molecular weight excluding hydrogens is 496 g/mol. The fourth-order valence-electron chi connectivity index (χ4n) is 3.42. The highest BCUT2D eigenvalue weighted by atomic mass is 32.2. The molecule has 2 heterocycles. The lowest BCUT2D eigenvalue weighted by Crippen LogP contribution is -2.37. The number of anilines is 3. The fraction of sp³-hybridized carbons (Fsp3) is 0.414. The molecule has 1 aromatic heterocycles. The van der Waals surface area contributed by atoms with Crippen LogP contribution in [0.4, 0.5) is 17.3 Å². The van der Waals surface area contributed by atoms with Crippen LogP contribution in [0.15, 0.2) is 66.4 Å². The number of aromatic hydroxyl groups is 1. The summed E-state index contributed by atoms with van der Waals surface area (Å²) in [4.78, 5) is 11.8. The second-order valence-corrected chi connectivity index (χ2v) is 8.66. The molecule has 0 radical (unpaired) electrons. The predicted molar refractivity (Wildman–Crippen MR) is 164 cm³/mol. The first-order chi connectivity index (χ1) is 18.6. The summed E-state index contributed by atoms with van der Waals surface area (Å²) in [6.45, 7) is 20.6. The number of nitrogens with zero attached hydrogens (tertiary/aromatic N) is 3. The lowest BCUT2D eigenvalue weighted by Gasteiger charge is -2.26. The summed E-state index contributed by atoms with van der Waals surface area (Å²) >= 11 is 1.58.